The van der Waals surface area contributed by atoms with Crippen molar-refractivity contribution in [1.82, 2.24) is 0 Å². The lowest BCUT2D eigenvalue weighted by Crippen LogP contribution is -1.86. The second-order valence-corrected chi connectivity index (χ2v) is 4.09. The molecule has 0 saturated carbocycles. The first-order chi connectivity index (χ1) is 9.88. The lowest BCUT2D eigenvalue weighted by Gasteiger charge is -1.97. The summed E-state index contributed by atoms with van der Waals surface area (Å²) in [4.78, 5) is 10.1. The molecule has 0 aliphatic heterocycles. The Morgan fingerprint density at radius 1 is 0.905 bits per heavy atom. The van der Waals surface area contributed by atoms with E-state index in [0.29, 0.717) is 5.56 Å². The van der Waals surface area contributed by atoms with Gasteiger partial charge in [0.05, 0.1) is 0 Å². The molecule has 0 aliphatic rings. The van der Waals surface area contributed by atoms with Crippen molar-refractivity contribution in [1.29, 1.82) is 0 Å². The molecule has 0 radical (unpaired) electrons. The standard InChI is InChI=1S/C9H8O4.C6H8N2/c10-7-3-1-6(5-8(7)11)2-4-9(12)13;7-5-1-2-6(8)4-3-5/h1-5,10-11H,(H,12,13);1-4H,7-8H2/b4-2+;. The van der Waals surface area contributed by atoms with Crippen molar-refractivity contribution in [3.63, 3.8) is 0 Å². The number of carbonyl (C=O) groups is 1. The van der Waals surface area contributed by atoms with Gasteiger partial charge < -0.3 is 26.8 Å². The highest BCUT2D eigenvalue weighted by atomic mass is 16.4. The van der Waals surface area contributed by atoms with E-state index in [1.165, 1.54) is 24.3 Å². The molecule has 0 saturated heterocycles. The highest BCUT2D eigenvalue weighted by Gasteiger charge is 1.97. The second kappa shape index (κ2) is 7.44. The van der Waals surface area contributed by atoms with Gasteiger partial charge in [0.15, 0.2) is 11.5 Å². The van der Waals surface area contributed by atoms with Crippen molar-refractivity contribution in [2.45, 2.75) is 0 Å². The molecule has 0 unspecified atom stereocenters. The van der Waals surface area contributed by atoms with Gasteiger partial charge in [-0.15, -0.1) is 0 Å². The van der Waals surface area contributed by atoms with Crippen LogP contribution in [-0.2, 0) is 4.79 Å². The van der Waals surface area contributed by atoms with E-state index in [1.807, 2.05) is 0 Å². The van der Waals surface area contributed by atoms with E-state index >= 15 is 0 Å². The molecule has 0 aromatic heterocycles. The quantitative estimate of drug-likeness (QED) is 0.326. The lowest BCUT2D eigenvalue weighted by molar-refractivity contribution is -0.131. The third kappa shape index (κ3) is 6.02. The van der Waals surface area contributed by atoms with Crippen LogP contribution in [0.25, 0.3) is 6.08 Å². The first kappa shape index (κ1) is 15.9. The Bertz CT molecular complexity index is 616. The van der Waals surface area contributed by atoms with Gasteiger partial charge in [0.2, 0.25) is 0 Å². The summed E-state index contributed by atoms with van der Waals surface area (Å²) >= 11 is 0. The van der Waals surface area contributed by atoms with Crippen LogP contribution in [0.3, 0.4) is 0 Å². The van der Waals surface area contributed by atoms with Gasteiger partial charge in [-0.3, -0.25) is 0 Å². The van der Waals surface area contributed by atoms with Crippen molar-refractivity contribution >= 4 is 23.4 Å². The van der Waals surface area contributed by atoms with Crippen molar-refractivity contribution < 1.29 is 20.1 Å². The maximum Gasteiger partial charge on any atom is 0.328 e. The molecule has 2 aromatic carbocycles. The molecule has 21 heavy (non-hydrogen) atoms. The molecule has 6 nitrogen and oxygen atoms in total. The zero-order valence-electron chi connectivity index (χ0n) is 11.1. The molecular formula is C15H16N2O4. The minimum atomic E-state index is -1.06. The molecular weight excluding hydrogens is 272 g/mol. The Balaban J connectivity index is 0.000000235. The number of rotatable bonds is 2. The number of anilines is 2. The fraction of sp³-hybridized carbons (Fsp3) is 0. The van der Waals surface area contributed by atoms with Gasteiger partial charge in [-0.2, -0.15) is 0 Å². The summed E-state index contributed by atoms with van der Waals surface area (Å²) in [5.41, 5.74) is 12.8. The summed E-state index contributed by atoms with van der Waals surface area (Å²) < 4.78 is 0. The van der Waals surface area contributed by atoms with Crippen LogP contribution in [0.5, 0.6) is 11.5 Å². The zero-order chi connectivity index (χ0) is 15.8. The first-order valence-electron chi connectivity index (χ1n) is 5.92. The number of nitrogen functional groups attached to an aromatic ring is 2. The summed E-state index contributed by atoms with van der Waals surface area (Å²) in [6.45, 7) is 0. The molecule has 0 amide bonds. The van der Waals surface area contributed by atoms with Crippen LogP contribution in [-0.4, -0.2) is 21.3 Å². The Morgan fingerprint density at radius 3 is 1.86 bits per heavy atom. The number of carboxylic acid groups (broad SMARTS) is 1. The molecule has 0 heterocycles. The Morgan fingerprint density at radius 2 is 1.43 bits per heavy atom. The molecule has 2 aromatic rings. The number of phenolic OH excluding ortho intramolecular Hbond substituents is 2. The third-order valence-corrected chi connectivity index (χ3v) is 2.35. The highest BCUT2D eigenvalue weighted by Crippen LogP contribution is 2.25. The molecule has 0 spiro atoms. The van der Waals surface area contributed by atoms with Gasteiger partial charge in [-0.25, -0.2) is 4.79 Å². The van der Waals surface area contributed by atoms with Crippen LogP contribution < -0.4 is 11.5 Å². The Kier molecular flexibility index (Phi) is 5.64. The number of aliphatic carboxylic acids is 1. The largest absolute Gasteiger partial charge is 0.504 e. The number of phenols is 2. The van der Waals surface area contributed by atoms with E-state index in [-0.39, 0.29) is 11.5 Å². The monoisotopic (exact) mass is 288 g/mol. The molecule has 0 fully saturated rings. The molecule has 2 rings (SSSR count). The minimum Gasteiger partial charge on any atom is -0.504 e. The van der Waals surface area contributed by atoms with E-state index in [2.05, 4.69) is 0 Å². The van der Waals surface area contributed by atoms with Crippen LogP contribution in [0.15, 0.2) is 48.5 Å². The third-order valence-electron chi connectivity index (χ3n) is 2.35. The van der Waals surface area contributed by atoms with Crippen LogP contribution in [0.1, 0.15) is 5.56 Å². The zero-order valence-corrected chi connectivity index (χ0v) is 11.1. The maximum absolute atomic E-state index is 10.1. The van der Waals surface area contributed by atoms with Crippen molar-refractivity contribution in [3.8, 4) is 11.5 Å². The average molecular weight is 288 g/mol. The predicted octanol–water partition coefficient (Wildman–Crippen LogP) is 2.05. The van der Waals surface area contributed by atoms with Crippen molar-refractivity contribution in [2.24, 2.45) is 0 Å². The number of hydrogen-bond acceptors (Lipinski definition) is 5. The molecule has 0 aliphatic carbocycles. The lowest BCUT2D eigenvalue weighted by atomic mass is 10.2. The summed E-state index contributed by atoms with van der Waals surface area (Å²) in [6, 6.07) is 11.1. The van der Waals surface area contributed by atoms with E-state index in [1.54, 1.807) is 24.3 Å². The normalized spacial score (nSPS) is 9.90. The average Bonchev–Trinajstić information content (AvgIpc) is 2.44. The number of aromatic hydroxyl groups is 2. The molecule has 7 N–H and O–H groups in total. The molecule has 0 atom stereocenters. The van der Waals surface area contributed by atoms with Crippen LogP contribution in [0, 0.1) is 0 Å². The number of benzene rings is 2. The maximum atomic E-state index is 10.1. The van der Waals surface area contributed by atoms with E-state index < -0.39 is 5.97 Å². The summed E-state index contributed by atoms with van der Waals surface area (Å²) in [5.74, 6) is -1.56. The number of hydrogen-bond donors (Lipinski definition) is 5. The molecule has 6 heteroatoms. The SMILES string of the molecule is Nc1ccc(N)cc1.O=C(O)/C=C/c1ccc(O)c(O)c1. The number of carboxylic acids is 1. The topological polar surface area (TPSA) is 130 Å². The fourth-order valence-corrected chi connectivity index (χ4v) is 1.31. The Hall–Kier alpha value is -3.15. The first-order valence-corrected chi connectivity index (χ1v) is 5.92. The van der Waals surface area contributed by atoms with Gasteiger partial charge in [-0.1, -0.05) is 6.07 Å². The van der Waals surface area contributed by atoms with Crippen LogP contribution in [0.2, 0.25) is 0 Å². The second-order valence-electron chi connectivity index (χ2n) is 4.09. The minimum absolute atomic E-state index is 0.229. The van der Waals surface area contributed by atoms with Gasteiger partial charge >= 0.3 is 5.97 Å². The van der Waals surface area contributed by atoms with Crippen molar-refractivity contribution in [3.05, 3.63) is 54.1 Å². The van der Waals surface area contributed by atoms with Crippen LogP contribution in [0.4, 0.5) is 11.4 Å². The van der Waals surface area contributed by atoms with Gasteiger partial charge in [0.1, 0.15) is 0 Å². The van der Waals surface area contributed by atoms with E-state index in [4.69, 9.17) is 26.8 Å². The highest BCUT2D eigenvalue weighted by molar-refractivity contribution is 5.85. The van der Waals surface area contributed by atoms with Gasteiger partial charge in [0, 0.05) is 17.5 Å². The van der Waals surface area contributed by atoms with Crippen LogP contribution >= 0.6 is 0 Å². The Labute approximate surface area is 121 Å². The predicted molar refractivity (Wildman–Crippen MR) is 81.7 cm³/mol. The van der Waals surface area contributed by atoms with Gasteiger partial charge in [-0.05, 0) is 48.0 Å². The summed E-state index contributed by atoms with van der Waals surface area (Å²) in [6.07, 6.45) is 2.27. The van der Waals surface area contributed by atoms with Crippen molar-refractivity contribution in [2.75, 3.05) is 11.5 Å². The van der Waals surface area contributed by atoms with E-state index in [9.17, 15) is 4.79 Å². The summed E-state index contributed by atoms with van der Waals surface area (Å²) in [5, 5.41) is 26.3. The van der Waals surface area contributed by atoms with E-state index in [0.717, 1.165) is 17.5 Å². The number of nitrogens with two attached hydrogens (primary N) is 2. The molecule has 110 valence electrons. The summed E-state index contributed by atoms with van der Waals surface area (Å²) in [7, 11) is 0. The fourth-order valence-electron chi connectivity index (χ4n) is 1.31. The van der Waals surface area contributed by atoms with Gasteiger partial charge in [0.25, 0.3) is 0 Å². The smallest absolute Gasteiger partial charge is 0.328 e. The molecule has 0 bridgehead atoms.